The van der Waals surface area contributed by atoms with Gasteiger partial charge in [0.05, 0.1) is 0 Å². The van der Waals surface area contributed by atoms with Crippen LogP contribution >= 0.6 is 0 Å². The highest BCUT2D eigenvalue weighted by atomic mass is 16.5. The van der Waals surface area contributed by atoms with Crippen molar-refractivity contribution in [2.75, 3.05) is 13.2 Å². The number of aliphatic carboxylic acids is 1. The fourth-order valence-corrected chi connectivity index (χ4v) is 5.26. The Morgan fingerprint density at radius 2 is 1.62 bits per heavy atom. The van der Waals surface area contributed by atoms with Crippen LogP contribution in [0.1, 0.15) is 51.2 Å². The van der Waals surface area contributed by atoms with Crippen LogP contribution in [0.15, 0.2) is 48.5 Å². The molecule has 7 nitrogen and oxygen atoms in total. The second kappa shape index (κ2) is 9.12. The third-order valence-electron chi connectivity index (χ3n) is 7.12. The first kappa shape index (κ1) is 23.8. The van der Waals surface area contributed by atoms with Crippen LogP contribution in [0.4, 0.5) is 4.79 Å². The zero-order valence-corrected chi connectivity index (χ0v) is 20.1. The van der Waals surface area contributed by atoms with Crippen LogP contribution in [-0.2, 0) is 14.3 Å². The maximum Gasteiger partial charge on any atom is 0.407 e. The van der Waals surface area contributed by atoms with E-state index in [0.29, 0.717) is 13.0 Å². The average Bonchev–Trinajstić information content (AvgIpc) is 3.29. The van der Waals surface area contributed by atoms with Crippen molar-refractivity contribution in [3.63, 3.8) is 0 Å². The van der Waals surface area contributed by atoms with Crippen molar-refractivity contribution >= 4 is 18.0 Å². The van der Waals surface area contributed by atoms with Gasteiger partial charge < -0.3 is 20.1 Å². The van der Waals surface area contributed by atoms with Gasteiger partial charge in [-0.05, 0) is 40.0 Å². The summed E-state index contributed by atoms with van der Waals surface area (Å²) in [5.41, 5.74) is 3.96. The number of carbonyl (C=O) groups is 3. The minimum absolute atomic E-state index is 0.0814. The Morgan fingerprint density at radius 1 is 1.06 bits per heavy atom. The van der Waals surface area contributed by atoms with E-state index in [0.717, 1.165) is 22.3 Å². The van der Waals surface area contributed by atoms with Crippen molar-refractivity contribution in [3.8, 4) is 11.1 Å². The van der Waals surface area contributed by atoms with E-state index in [1.54, 1.807) is 0 Å². The second-order valence-corrected chi connectivity index (χ2v) is 10.2. The summed E-state index contributed by atoms with van der Waals surface area (Å²) in [6.07, 6.45) is -0.0925. The van der Waals surface area contributed by atoms with Gasteiger partial charge in [0.15, 0.2) is 0 Å². The Morgan fingerprint density at radius 3 is 2.15 bits per heavy atom. The van der Waals surface area contributed by atoms with E-state index in [2.05, 4.69) is 17.4 Å². The summed E-state index contributed by atoms with van der Waals surface area (Å²) in [4.78, 5) is 39.4. The summed E-state index contributed by atoms with van der Waals surface area (Å²) < 4.78 is 5.61. The van der Waals surface area contributed by atoms with E-state index in [1.807, 2.05) is 64.1 Å². The first-order valence-electron chi connectivity index (χ1n) is 11.8. The molecule has 2 amide bonds. The SMILES string of the molecule is CC(C)C(NC(=O)OCC1c2ccccc2-c2ccccc21)C(=O)N1CCC(C)(C)C1C(=O)O. The van der Waals surface area contributed by atoms with Crippen molar-refractivity contribution in [1.29, 1.82) is 0 Å². The molecule has 7 heteroatoms. The van der Waals surface area contributed by atoms with Crippen LogP contribution in [0.5, 0.6) is 0 Å². The van der Waals surface area contributed by atoms with Gasteiger partial charge in [0.1, 0.15) is 18.7 Å². The van der Waals surface area contributed by atoms with E-state index >= 15 is 0 Å². The zero-order chi connectivity index (χ0) is 24.6. The molecule has 2 N–H and O–H groups in total. The molecule has 2 aromatic carbocycles. The molecule has 1 saturated heterocycles. The Labute approximate surface area is 200 Å². The molecule has 4 rings (SSSR count). The molecule has 0 radical (unpaired) electrons. The number of amides is 2. The van der Waals surface area contributed by atoms with E-state index < -0.39 is 29.6 Å². The molecular formula is C27H32N2O5. The molecule has 1 heterocycles. The highest BCUT2D eigenvalue weighted by Crippen LogP contribution is 2.44. The van der Waals surface area contributed by atoms with Gasteiger partial charge in [-0.25, -0.2) is 9.59 Å². The normalized spacial score (nSPS) is 19.4. The number of ether oxygens (including phenoxy) is 1. The van der Waals surface area contributed by atoms with Gasteiger partial charge in [0, 0.05) is 12.5 Å². The number of nitrogens with one attached hydrogen (secondary N) is 1. The fourth-order valence-electron chi connectivity index (χ4n) is 5.26. The molecule has 1 fully saturated rings. The smallest absolute Gasteiger partial charge is 0.407 e. The first-order valence-corrected chi connectivity index (χ1v) is 11.8. The molecule has 2 unspecified atom stereocenters. The molecule has 180 valence electrons. The first-order chi connectivity index (χ1) is 16.1. The molecule has 2 atom stereocenters. The van der Waals surface area contributed by atoms with Gasteiger partial charge in [0.25, 0.3) is 0 Å². The number of carboxylic acids is 1. The number of rotatable bonds is 6. The number of alkyl carbamates (subject to hydrolysis) is 1. The Balaban J connectivity index is 1.46. The molecule has 0 bridgehead atoms. The van der Waals surface area contributed by atoms with Crippen molar-refractivity contribution in [2.45, 2.75) is 52.1 Å². The topological polar surface area (TPSA) is 95.9 Å². The number of benzene rings is 2. The predicted octanol–water partition coefficient (Wildman–Crippen LogP) is 4.26. The van der Waals surface area contributed by atoms with Gasteiger partial charge >= 0.3 is 12.1 Å². The van der Waals surface area contributed by atoms with Crippen LogP contribution in [0, 0.1) is 11.3 Å². The van der Waals surface area contributed by atoms with E-state index in [1.165, 1.54) is 4.90 Å². The Bertz CT molecular complexity index is 1060. The standard InChI is InChI=1S/C27H32N2O5/c1-16(2)22(24(30)29-14-13-27(3,4)23(29)25(31)32)28-26(33)34-15-21-19-11-7-5-9-17(19)18-10-6-8-12-20(18)21/h5-12,16,21-23H,13-15H2,1-4H3,(H,28,33)(H,31,32). The lowest BCUT2D eigenvalue weighted by atomic mass is 9.84. The van der Waals surface area contributed by atoms with Crippen LogP contribution < -0.4 is 5.32 Å². The van der Waals surface area contributed by atoms with Gasteiger partial charge in [-0.3, -0.25) is 4.79 Å². The largest absolute Gasteiger partial charge is 0.480 e. The summed E-state index contributed by atoms with van der Waals surface area (Å²) in [6.45, 7) is 7.84. The summed E-state index contributed by atoms with van der Waals surface area (Å²) in [7, 11) is 0. The molecule has 1 aliphatic heterocycles. The maximum absolute atomic E-state index is 13.3. The van der Waals surface area contributed by atoms with Crippen LogP contribution in [0.25, 0.3) is 11.1 Å². The lowest BCUT2D eigenvalue weighted by molar-refractivity contribution is -0.152. The summed E-state index contributed by atoms with van der Waals surface area (Å²) >= 11 is 0. The second-order valence-electron chi connectivity index (χ2n) is 10.2. The van der Waals surface area contributed by atoms with Crippen molar-refractivity contribution < 1.29 is 24.2 Å². The van der Waals surface area contributed by atoms with E-state index in [4.69, 9.17) is 4.74 Å². The highest BCUT2D eigenvalue weighted by Gasteiger charge is 2.49. The minimum atomic E-state index is -1.03. The van der Waals surface area contributed by atoms with Crippen LogP contribution in [0.3, 0.4) is 0 Å². The quantitative estimate of drug-likeness (QED) is 0.666. The third-order valence-corrected chi connectivity index (χ3v) is 7.12. The summed E-state index contributed by atoms with van der Waals surface area (Å²) in [5.74, 6) is -1.73. The third kappa shape index (κ3) is 4.27. The minimum Gasteiger partial charge on any atom is -0.480 e. The monoisotopic (exact) mass is 464 g/mol. The fraction of sp³-hybridized carbons (Fsp3) is 0.444. The molecule has 0 aromatic heterocycles. The van der Waals surface area contributed by atoms with Crippen molar-refractivity contribution in [2.24, 2.45) is 11.3 Å². The zero-order valence-electron chi connectivity index (χ0n) is 20.1. The summed E-state index contributed by atoms with van der Waals surface area (Å²) in [5, 5.41) is 12.4. The van der Waals surface area contributed by atoms with Crippen LogP contribution in [0.2, 0.25) is 0 Å². The van der Waals surface area contributed by atoms with Gasteiger partial charge in [-0.2, -0.15) is 0 Å². The molecule has 0 spiro atoms. The number of fused-ring (bicyclic) bond motifs is 3. The molecule has 1 aliphatic carbocycles. The number of hydrogen-bond donors (Lipinski definition) is 2. The number of carboxylic acid groups (broad SMARTS) is 1. The maximum atomic E-state index is 13.3. The van der Waals surface area contributed by atoms with E-state index in [-0.39, 0.29) is 24.3 Å². The van der Waals surface area contributed by atoms with Gasteiger partial charge in [0.2, 0.25) is 5.91 Å². The average molecular weight is 465 g/mol. The lowest BCUT2D eigenvalue weighted by Crippen LogP contribution is -2.55. The highest BCUT2D eigenvalue weighted by molar-refractivity contribution is 5.90. The molecular weight excluding hydrogens is 432 g/mol. The van der Waals surface area contributed by atoms with E-state index in [9.17, 15) is 19.5 Å². The number of hydrogen-bond acceptors (Lipinski definition) is 4. The van der Waals surface area contributed by atoms with Crippen molar-refractivity contribution in [1.82, 2.24) is 10.2 Å². The number of carbonyl (C=O) groups excluding carboxylic acids is 2. The van der Waals surface area contributed by atoms with Crippen molar-refractivity contribution in [3.05, 3.63) is 59.7 Å². The molecule has 34 heavy (non-hydrogen) atoms. The summed E-state index contributed by atoms with van der Waals surface area (Å²) in [6, 6.07) is 14.4. The number of likely N-dealkylation sites (tertiary alicyclic amines) is 1. The van der Waals surface area contributed by atoms with Gasteiger partial charge in [-0.15, -0.1) is 0 Å². The Kier molecular flexibility index (Phi) is 6.39. The van der Waals surface area contributed by atoms with Crippen LogP contribution in [-0.4, -0.2) is 53.2 Å². The number of nitrogens with zero attached hydrogens (tertiary/aromatic N) is 1. The molecule has 0 saturated carbocycles. The predicted molar refractivity (Wildman–Crippen MR) is 128 cm³/mol. The lowest BCUT2D eigenvalue weighted by Gasteiger charge is -2.32. The molecule has 2 aliphatic rings. The van der Waals surface area contributed by atoms with Gasteiger partial charge in [-0.1, -0.05) is 76.2 Å². The molecule has 2 aromatic rings. The Hall–Kier alpha value is -3.35.